The molecule has 0 amide bonds. The number of piperidine rings is 1. The van der Waals surface area contributed by atoms with Crippen LogP contribution in [0, 0.1) is 0 Å². The van der Waals surface area contributed by atoms with Gasteiger partial charge in [-0.3, -0.25) is 4.90 Å². The number of hydrogen-bond acceptors (Lipinski definition) is 4. The minimum absolute atomic E-state index is 0.491. The summed E-state index contributed by atoms with van der Waals surface area (Å²) in [6.07, 6.45) is 2.50. The number of para-hydroxylation sites is 1. The number of rotatable bonds is 5. The van der Waals surface area contributed by atoms with Crippen LogP contribution in [0.2, 0.25) is 0 Å². The van der Waals surface area contributed by atoms with Crippen molar-refractivity contribution >= 4 is 0 Å². The lowest BCUT2D eigenvalue weighted by Gasteiger charge is -2.33. The van der Waals surface area contributed by atoms with E-state index in [-0.39, 0.29) is 0 Å². The van der Waals surface area contributed by atoms with E-state index in [2.05, 4.69) is 46.6 Å². The van der Waals surface area contributed by atoms with E-state index in [4.69, 9.17) is 9.47 Å². The minimum atomic E-state index is 0.491. The summed E-state index contributed by atoms with van der Waals surface area (Å²) < 4.78 is 11.0. The van der Waals surface area contributed by atoms with E-state index in [0.717, 1.165) is 31.1 Å². The minimum Gasteiger partial charge on any atom is -0.497 e. The Morgan fingerprint density at radius 1 is 1.08 bits per heavy atom. The summed E-state index contributed by atoms with van der Waals surface area (Å²) in [6, 6.07) is 18.0. The highest BCUT2D eigenvalue weighted by Crippen LogP contribution is 2.38. The molecule has 4 nitrogen and oxygen atoms in total. The quantitative estimate of drug-likeness (QED) is 0.894. The number of nitrogens with one attached hydrogen (secondary N) is 1. The Balaban J connectivity index is 1.60. The molecule has 0 unspecified atom stereocenters. The second kappa shape index (κ2) is 7.68. The highest BCUT2D eigenvalue weighted by atomic mass is 16.5. The van der Waals surface area contributed by atoms with Crippen LogP contribution in [0.15, 0.2) is 48.5 Å². The van der Waals surface area contributed by atoms with Gasteiger partial charge in [-0.05, 0) is 43.1 Å². The fraction of sp³-hybridized carbons (Fsp3) is 0.455. The third kappa shape index (κ3) is 3.31. The summed E-state index contributed by atoms with van der Waals surface area (Å²) in [5.41, 5.74) is 2.64. The van der Waals surface area contributed by atoms with Crippen LogP contribution in [0.4, 0.5) is 0 Å². The largest absolute Gasteiger partial charge is 0.497 e. The van der Waals surface area contributed by atoms with Gasteiger partial charge in [-0.1, -0.05) is 30.3 Å². The summed E-state index contributed by atoms with van der Waals surface area (Å²) in [5, 5.41) is 3.80. The standard InChI is InChI=1S/C22H28N2O2/c1-25-18-9-5-8-16(13-18)19-15-24(20-10-6-12-23-22(19)20)14-17-7-3-4-11-21(17)26-2/h3-5,7-9,11,13,19-20,22-23H,6,10,12,14-15H2,1-2H3/t19-,20-,22-/m1/s1. The zero-order valence-electron chi connectivity index (χ0n) is 15.7. The molecule has 0 aliphatic carbocycles. The van der Waals surface area contributed by atoms with Crippen LogP contribution in [-0.2, 0) is 6.54 Å². The zero-order valence-corrected chi connectivity index (χ0v) is 15.7. The van der Waals surface area contributed by atoms with Crippen molar-refractivity contribution in [2.45, 2.75) is 37.4 Å². The molecule has 2 aromatic rings. The van der Waals surface area contributed by atoms with Gasteiger partial charge < -0.3 is 14.8 Å². The molecule has 1 N–H and O–H groups in total. The summed E-state index contributed by atoms with van der Waals surface area (Å²) in [5.74, 6) is 2.42. The van der Waals surface area contributed by atoms with Gasteiger partial charge in [0.25, 0.3) is 0 Å². The fourth-order valence-corrected chi connectivity index (χ4v) is 4.64. The van der Waals surface area contributed by atoms with Crippen LogP contribution < -0.4 is 14.8 Å². The normalized spacial score (nSPS) is 25.7. The molecular formula is C22H28N2O2. The molecule has 0 bridgehead atoms. The van der Waals surface area contributed by atoms with Crippen molar-refractivity contribution in [1.29, 1.82) is 0 Å². The van der Waals surface area contributed by atoms with Crippen LogP contribution in [0.25, 0.3) is 0 Å². The Kier molecular flexibility index (Phi) is 5.14. The number of likely N-dealkylation sites (tertiary alicyclic amines) is 1. The Hall–Kier alpha value is -2.04. The van der Waals surface area contributed by atoms with Crippen LogP contribution in [0.5, 0.6) is 11.5 Å². The molecule has 2 aliphatic heterocycles. The second-order valence-corrected chi connectivity index (χ2v) is 7.31. The molecule has 0 radical (unpaired) electrons. The maximum absolute atomic E-state index is 5.57. The first-order valence-corrected chi connectivity index (χ1v) is 9.53. The average Bonchev–Trinajstić information content (AvgIpc) is 3.07. The summed E-state index contributed by atoms with van der Waals surface area (Å²) in [4.78, 5) is 2.64. The number of nitrogens with zero attached hydrogens (tertiary/aromatic N) is 1. The average molecular weight is 352 g/mol. The molecule has 2 heterocycles. The van der Waals surface area contributed by atoms with E-state index in [1.54, 1.807) is 14.2 Å². The molecule has 2 aromatic carbocycles. The van der Waals surface area contributed by atoms with Crippen LogP contribution in [0.3, 0.4) is 0 Å². The number of hydrogen-bond donors (Lipinski definition) is 1. The van der Waals surface area contributed by atoms with Gasteiger partial charge in [0, 0.05) is 36.7 Å². The number of ether oxygens (including phenoxy) is 2. The van der Waals surface area contributed by atoms with Crippen LogP contribution in [0.1, 0.15) is 29.9 Å². The van der Waals surface area contributed by atoms with E-state index in [1.165, 1.54) is 24.0 Å². The number of fused-ring (bicyclic) bond motifs is 1. The van der Waals surface area contributed by atoms with Crippen LogP contribution in [-0.4, -0.2) is 44.3 Å². The second-order valence-electron chi connectivity index (χ2n) is 7.31. The van der Waals surface area contributed by atoms with E-state index < -0.39 is 0 Å². The Morgan fingerprint density at radius 3 is 2.81 bits per heavy atom. The third-order valence-corrected chi connectivity index (χ3v) is 5.89. The van der Waals surface area contributed by atoms with E-state index in [0.29, 0.717) is 18.0 Å². The molecule has 26 heavy (non-hydrogen) atoms. The molecule has 2 aliphatic rings. The first-order chi connectivity index (χ1) is 12.8. The first kappa shape index (κ1) is 17.4. The van der Waals surface area contributed by atoms with Gasteiger partial charge in [-0.25, -0.2) is 0 Å². The zero-order chi connectivity index (χ0) is 17.9. The van der Waals surface area contributed by atoms with Gasteiger partial charge >= 0.3 is 0 Å². The Morgan fingerprint density at radius 2 is 1.96 bits per heavy atom. The highest BCUT2D eigenvalue weighted by Gasteiger charge is 2.43. The van der Waals surface area contributed by atoms with Crippen molar-refractivity contribution in [2.75, 3.05) is 27.3 Å². The van der Waals surface area contributed by atoms with Gasteiger partial charge in [0.15, 0.2) is 0 Å². The molecule has 0 spiro atoms. The highest BCUT2D eigenvalue weighted by molar-refractivity contribution is 5.35. The molecule has 4 rings (SSSR count). The maximum atomic E-state index is 5.57. The summed E-state index contributed by atoms with van der Waals surface area (Å²) in [7, 11) is 3.50. The van der Waals surface area contributed by atoms with Crippen molar-refractivity contribution < 1.29 is 9.47 Å². The predicted octanol–water partition coefficient (Wildman–Crippen LogP) is 3.42. The molecule has 3 atom stereocenters. The van der Waals surface area contributed by atoms with Gasteiger partial charge in [0.2, 0.25) is 0 Å². The molecule has 2 fully saturated rings. The lowest BCUT2D eigenvalue weighted by molar-refractivity contribution is 0.192. The van der Waals surface area contributed by atoms with Gasteiger partial charge in [-0.15, -0.1) is 0 Å². The summed E-state index contributed by atoms with van der Waals surface area (Å²) >= 11 is 0. The maximum Gasteiger partial charge on any atom is 0.123 e. The van der Waals surface area contributed by atoms with Gasteiger partial charge in [-0.2, -0.15) is 0 Å². The first-order valence-electron chi connectivity index (χ1n) is 9.53. The molecule has 4 heteroatoms. The van der Waals surface area contributed by atoms with E-state index >= 15 is 0 Å². The van der Waals surface area contributed by atoms with Gasteiger partial charge in [0.05, 0.1) is 14.2 Å². The third-order valence-electron chi connectivity index (χ3n) is 5.89. The molecule has 2 saturated heterocycles. The van der Waals surface area contributed by atoms with Crippen molar-refractivity contribution in [3.8, 4) is 11.5 Å². The van der Waals surface area contributed by atoms with Crippen LogP contribution >= 0.6 is 0 Å². The van der Waals surface area contributed by atoms with E-state index in [9.17, 15) is 0 Å². The topological polar surface area (TPSA) is 33.7 Å². The van der Waals surface area contributed by atoms with Gasteiger partial charge in [0.1, 0.15) is 11.5 Å². The lowest BCUT2D eigenvalue weighted by atomic mass is 9.87. The van der Waals surface area contributed by atoms with Crippen molar-refractivity contribution in [1.82, 2.24) is 10.2 Å². The monoisotopic (exact) mass is 352 g/mol. The summed E-state index contributed by atoms with van der Waals surface area (Å²) in [6.45, 7) is 3.12. The van der Waals surface area contributed by atoms with Crippen molar-refractivity contribution in [3.63, 3.8) is 0 Å². The molecule has 0 aromatic heterocycles. The number of benzene rings is 2. The predicted molar refractivity (Wildman–Crippen MR) is 104 cm³/mol. The fourth-order valence-electron chi connectivity index (χ4n) is 4.64. The lowest BCUT2D eigenvalue weighted by Crippen LogP contribution is -2.48. The van der Waals surface area contributed by atoms with Crippen molar-refractivity contribution in [2.24, 2.45) is 0 Å². The SMILES string of the molecule is COc1cccc([C@H]2CN(Cc3ccccc3OC)[C@@H]3CCCN[C@H]23)c1. The molecular weight excluding hydrogens is 324 g/mol. The smallest absolute Gasteiger partial charge is 0.123 e. The Labute approximate surface area is 156 Å². The Bertz CT molecular complexity index is 748. The number of methoxy groups -OCH3 is 2. The molecule has 0 saturated carbocycles. The van der Waals surface area contributed by atoms with E-state index in [1.807, 2.05) is 12.1 Å². The van der Waals surface area contributed by atoms with Crippen molar-refractivity contribution in [3.05, 3.63) is 59.7 Å². The molecule has 138 valence electrons.